The average Bonchev–Trinajstić information content (AvgIpc) is 2.83. The predicted octanol–water partition coefficient (Wildman–Crippen LogP) is 7.33. The molecule has 1 atom stereocenters. The fourth-order valence-electron chi connectivity index (χ4n) is 4.34. The molecule has 1 saturated carbocycles. The van der Waals surface area contributed by atoms with Crippen LogP contribution < -0.4 is 11.1 Å². The van der Waals surface area contributed by atoms with Crippen molar-refractivity contribution in [3.05, 3.63) is 72.6 Å². The van der Waals surface area contributed by atoms with Crippen LogP contribution >= 0.6 is 10.2 Å². The minimum absolute atomic E-state index is 0.140. The van der Waals surface area contributed by atoms with Gasteiger partial charge >= 0.3 is 10.2 Å². The van der Waals surface area contributed by atoms with Gasteiger partial charge in [0.1, 0.15) is 10.6 Å². The number of carbonyl (C=O) groups excluding carboxylic acids is 1. The second-order valence-electron chi connectivity index (χ2n) is 9.03. The second-order valence-corrected chi connectivity index (χ2v) is 13.8. The van der Waals surface area contributed by atoms with E-state index >= 15 is 0 Å². The highest BCUT2D eigenvalue weighted by Gasteiger charge is 2.65. The molecule has 0 aliphatic heterocycles. The number of hydrogen-bond donors (Lipinski definition) is 3. The van der Waals surface area contributed by atoms with Gasteiger partial charge in [-0.05, 0) is 73.7 Å². The molecule has 1 aliphatic rings. The van der Waals surface area contributed by atoms with Crippen LogP contribution in [0.2, 0.25) is 0 Å². The highest BCUT2D eigenvalue weighted by molar-refractivity contribution is 8.45. The molecule has 1 amide bonds. The van der Waals surface area contributed by atoms with Crippen molar-refractivity contribution in [1.82, 2.24) is 4.98 Å². The number of hydrogen-bond acceptors (Lipinski definition) is 5. The lowest BCUT2D eigenvalue weighted by molar-refractivity contribution is 0.0995. The smallest absolute Gasteiger partial charge is 0.310 e. The number of nitrogens with one attached hydrogen (secondary N) is 2. The summed E-state index contributed by atoms with van der Waals surface area (Å²) in [6.45, 7) is 0. The lowest BCUT2D eigenvalue weighted by Gasteiger charge is -2.40. The molecule has 0 spiro atoms. The van der Waals surface area contributed by atoms with E-state index in [9.17, 15) is 28.4 Å². The summed E-state index contributed by atoms with van der Waals surface area (Å²) in [5, 5.41) is 2.65. The van der Waals surface area contributed by atoms with Gasteiger partial charge in [-0.3, -0.25) is 9.78 Å². The van der Waals surface area contributed by atoms with Gasteiger partial charge in [-0.15, -0.1) is 0 Å². The summed E-state index contributed by atoms with van der Waals surface area (Å²) in [5.41, 5.74) is 7.12. The Bertz CT molecular complexity index is 1410. The number of pyridine rings is 1. The topological polar surface area (TPSA) is 109 Å². The molecule has 1 fully saturated rings. The summed E-state index contributed by atoms with van der Waals surface area (Å²) >= 11 is 0. The maximum Gasteiger partial charge on any atom is 0.310 e. The maximum atomic E-state index is 13.4. The Morgan fingerprint density at radius 2 is 1.46 bits per heavy atom. The van der Waals surface area contributed by atoms with Crippen LogP contribution in [0.15, 0.2) is 76.7 Å². The first-order valence-corrected chi connectivity index (χ1v) is 14.8. The SMILES string of the molecule is N=S(=O)(c1ccc(-c2ccc(C(N)=O)nc2)cc1)C1CCC(Nc2ccc(S(F)(F)(F)(F)F)cc2)CC1. The molecule has 4 rings (SSSR count). The third kappa shape index (κ3) is 6.21. The first kappa shape index (κ1) is 26.9. The lowest BCUT2D eigenvalue weighted by atomic mass is 9.95. The minimum Gasteiger partial charge on any atom is -0.382 e. The molecular formula is C24H25F5N4O2S2. The van der Waals surface area contributed by atoms with Crippen LogP contribution in [0.4, 0.5) is 25.1 Å². The van der Waals surface area contributed by atoms with E-state index in [0.29, 0.717) is 42.7 Å². The Hall–Kier alpha value is -3.19. The van der Waals surface area contributed by atoms with Gasteiger partial charge in [-0.1, -0.05) is 37.6 Å². The van der Waals surface area contributed by atoms with E-state index in [-0.39, 0.29) is 17.4 Å². The molecule has 1 aromatic heterocycles. The molecule has 0 radical (unpaired) electrons. The van der Waals surface area contributed by atoms with Gasteiger partial charge in [-0.2, -0.15) is 0 Å². The van der Waals surface area contributed by atoms with E-state index < -0.39 is 36.0 Å². The number of anilines is 1. The molecule has 6 nitrogen and oxygen atoms in total. The van der Waals surface area contributed by atoms with Crippen molar-refractivity contribution in [2.24, 2.45) is 5.73 Å². The summed E-state index contributed by atoms with van der Waals surface area (Å²) in [6.07, 6.45) is 3.48. The summed E-state index contributed by atoms with van der Waals surface area (Å²) in [6, 6.07) is 12.5. The van der Waals surface area contributed by atoms with E-state index in [0.717, 1.165) is 23.3 Å². The summed E-state index contributed by atoms with van der Waals surface area (Å²) in [4.78, 5) is 13.6. The molecule has 0 bridgehead atoms. The molecule has 200 valence electrons. The molecule has 1 heterocycles. The third-order valence-corrected chi connectivity index (χ3v) is 9.91. The standard InChI is InChI=1S/C24H25F5N4O2S2/c25-37(26,27,28,29)22-12-6-19(7-13-22)33-18-4-10-21(11-5-18)36(31,35)20-8-1-16(2-9-20)17-3-14-23(24(30)34)32-15-17/h1-3,6-9,12-15,18,21,31,33H,4-5,10-11H2,(H2,30,34). The first-order valence-electron chi connectivity index (χ1n) is 11.3. The largest absolute Gasteiger partial charge is 0.382 e. The quantitative estimate of drug-likeness (QED) is 0.263. The van der Waals surface area contributed by atoms with Gasteiger partial charge in [0.2, 0.25) is 0 Å². The van der Waals surface area contributed by atoms with Crippen molar-refractivity contribution in [3.63, 3.8) is 0 Å². The van der Waals surface area contributed by atoms with Gasteiger partial charge in [0.15, 0.2) is 0 Å². The van der Waals surface area contributed by atoms with Crippen LogP contribution in [0.1, 0.15) is 36.2 Å². The number of rotatable bonds is 7. The number of nitrogens with zero attached hydrogens (tertiary/aromatic N) is 1. The van der Waals surface area contributed by atoms with Crippen LogP contribution in [-0.2, 0) is 9.73 Å². The molecule has 4 N–H and O–H groups in total. The van der Waals surface area contributed by atoms with Crippen LogP contribution in [0.3, 0.4) is 0 Å². The molecular weight excluding hydrogens is 535 g/mol. The normalized spacial score (nSPS) is 21.8. The number of nitrogens with two attached hydrogens (primary N) is 1. The van der Waals surface area contributed by atoms with Gasteiger partial charge < -0.3 is 11.1 Å². The molecule has 2 aromatic carbocycles. The number of benzene rings is 2. The summed E-state index contributed by atoms with van der Waals surface area (Å²) in [7, 11) is -12.8. The van der Waals surface area contributed by atoms with Crippen molar-refractivity contribution < 1.29 is 28.4 Å². The Morgan fingerprint density at radius 3 is 1.95 bits per heavy atom. The number of amides is 1. The zero-order chi connectivity index (χ0) is 27.1. The minimum atomic E-state index is -9.71. The molecule has 1 aliphatic carbocycles. The van der Waals surface area contributed by atoms with E-state index in [1.165, 1.54) is 12.3 Å². The highest BCUT2D eigenvalue weighted by atomic mass is 32.5. The van der Waals surface area contributed by atoms with E-state index in [4.69, 9.17) is 10.5 Å². The maximum absolute atomic E-state index is 13.4. The third-order valence-electron chi connectivity index (χ3n) is 6.37. The number of aromatic nitrogens is 1. The van der Waals surface area contributed by atoms with E-state index in [2.05, 4.69) is 10.3 Å². The predicted molar refractivity (Wildman–Crippen MR) is 135 cm³/mol. The van der Waals surface area contributed by atoms with Crippen molar-refractivity contribution in [2.75, 3.05) is 5.32 Å². The van der Waals surface area contributed by atoms with Crippen molar-refractivity contribution in [1.29, 1.82) is 4.78 Å². The highest BCUT2D eigenvalue weighted by Crippen LogP contribution is 3.02. The molecule has 1 unspecified atom stereocenters. The van der Waals surface area contributed by atoms with Gasteiger partial charge in [0.25, 0.3) is 5.91 Å². The van der Waals surface area contributed by atoms with Crippen molar-refractivity contribution in [3.8, 4) is 11.1 Å². The first-order chi connectivity index (χ1) is 17.0. The fourth-order valence-corrected chi connectivity index (χ4v) is 6.85. The van der Waals surface area contributed by atoms with E-state index in [1.807, 2.05) is 0 Å². The van der Waals surface area contributed by atoms with Crippen molar-refractivity contribution >= 4 is 31.5 Å². The summed E-state index contributed by atoms with van der Waals surface area (Å²) in [5.74, 6) is -0.633. The molecule has 13 heteroatoms. The average molecular weight is 561 g/mol. The Kier molecular flexibility index (Phi) is 6.31. The second kappa shape index (κ2) is 8.69. The van der Waals surface area contributed by atoms with Crippen molar-refractivity contribution in [2.45, 2.75) is 46.8 Å². The molecule has 37 heavy (non-hydrogen) atoms. The van der Waals surface area contributed by atoms with Crippen LogP contribution in [0.25, 0.3) is 11.1 Å². The number of halogens is 5. The molecule has 0 saturated heterocycles. The Labute approximate surface area is 211 Å². The zero-order valence-corrected chi connectivity index (χ0v) is 21.0. The zero-order valence-electron chi connectivity index (χ0n) is 19.4. The van der Waals surface area contributed by atoms with Gasteiger partial charge in [0, 0.05) is 33.6 Å². The van der Waals surface area contributed by atoms with Gasteiger partial charge in [0.05, 0.1) is 9.73 Å². The monoisotopic (exact) mass is 560 g/mol. The summed E-state index contributed by atoms with van der Waals surface area (Å²) < 4.78 is 86.5. The van der Waals surface area contributed by atoms with Crippen LogP contribution in [0, 0.1) is 4.78 Å². The Morgan fingerprint density at radius 1 is 0.892 bits per heavy atom. The van der Waals surface area contributed by atoms with Gasteiger partial charge in [-0.25, -0.2) is 8.99 Å². The lowest BCUT2D eigenvalue weighted by Crippen LogP contribution is -2.32. The number of primary amides is 1. The van der Waals surface area contributed by atoms with E-state index in [1.54, 1.807) is 30.3 Å². The molecule has 3 aromatic rings. The number of carbonyl (C=O) groups is 1. The Balaban J connectivity index is 1.37. The van der Waals surface area contributed by atoms with Crippen LogP contribution in [0.5, 0.6) is 0 Å². The van der Waals surface area contributed by atoms with Crippen LogP contribution in [-0.4, -0.2) is 26.4 Å². The fraction of sp³-hybridized carbons (Fsp3) is 0.250.